The van der Waals surface area contributed by atoms with E-state index in [2.05, 4.69) is 17.7 Å². The van der Waals surface area contributed by atoms with Gasteiger partial charge < -0.3 is 4.74 Å². The van der Waals surface area contributed by atoms with Crippen LogP contribution in [-0.4, -0.2) is 15.0 Å². The lowest BCUT2D eigenvalue weighted by Crippen LogP contribution is -2.12. The van der Waals surface area contributed by atoms with E-state index >= 15 is 0 Å². The molecule has 0 saturated carbocycles. The zero-order valence-corrected chi connectivity index (χ0v) is 18.3. The summed E-state index contributed by atoms with van der Waals surface area (Å²) in [5.74, 6) is 0.703. The zero-order valence-electron chi connectivity index (χ0n) is 17.5. The highest BCUT2D eigenvalue weighted by Gasteiger charge is 2.13. The maximum Gasteiger partial charge on any atom is 0.261 e. The van der Waals surface area contributed by atoms with E-state index in [0.717, 1.165) is 6.42 Å². The van der Waals surface area contributed by atoms with Crippen molar-refractivity contribution in [3.8, 4) is 5.75 Å². The summed E-state index contributed by atoms with van der Waals surface area (Å²) < 4.78 is 33.1. The second-order valence-corrected chi connectivity index (χ2v) is 9.08. The van der Waals surface area contributed by atoms with E-state index in [4.69, 9.17) is 4.74 Å². The first-order valence-corrected chi connectivity index (χ1v) is 12.3. The van der Waals surface area contributed by atoms with E-state index in [1.54, 1.807) is 48.5 Å². The van der Waals surface area contributed by atoms with E-state index < -0.39 is 10.0 Å². The van der Waals surface area contributed by atoms with Crippen LogP contribution in [0, 0.1) is 6.07 Å². The number of anilines is 1. The van der Waals surface area contributed by atoms with Crippen LogP contribution in [0.4, 0.5) is 5.69 Å². The first kappa shape index (κ1) is 23.3. The highest BCUT2D eigenvalue weighted by Crippen LogP contribution is 2.19. The third-order valence-corrected chi connectivity index (χ3v) is 6.27. The highest BCUT2D eigenvalue weighted by atomic mass is 32.2. The van der Waals surface area contributed by atoms with E-state index in [0.29, 0.717) is 18.0 Å². The monoisotopic (exact) mass is 416 g/mol. The molecular formula is C24H34NO3S. The van der Waals surface area contributed by atoms with Gasteiger partial charge >= 0.3 is 0 Å². The fraction of sp³-hybridized carbons (Fsp3) is 0.500. The standard InChI is InChI=1S/C24H34NO3S/c1-2-3-4-5-6-7-8-9-10-14-21-28-23-17-19-24(20-18-23)29(26,27)25-22-15-12-11-13-16-22/h12-13,15-20,25H,2-10,14,21H2,1H3. The Kier molecular flexibility index (Phi) is 10.6. The lowest BCUT2D eigenvalue weighted by Gasteiger charge is -2.10. The average molecular weight is 417 g/mol. The van der Waals surface area contributed by atoms with Crippen LogP contribution in [0.2, 0.25) is 0 Å². The smallest absolute Gasteiger partial charge is 0.261 e. The van der Waals surface area contributed by atoms with Gasteiger partial charge in [-0.25, -0.2) is 8.42 Å². The molecule has 0 aliphatic carbocycles. The number of ether oxygens (including phenoxy) is 1. The third-order valence-electron chi connectivity index (χ3n) is 4.87. The molecule has 4 nitrogen and oxygen atoms in total. The predicted octanol–water partition coefficient (Wildman–Crippen LogP) is 6.59. The van der Waals surface area contributed by atoms with Crippen molar-refractivity contribution < 1.29 is 13.2 Å². The van der Waals surface area contributed by atoms with Gasteiger partial charge in [-0.15, -0.1) is 0 Å². The average Bonchev–Trinajstić information content (AvgIpc) is 2.73. The van der Waals surface area contributed by atoms with Crippen molar-refractivity contribution in [1.29, 1.82) is 0 Å². The van der Waals surface area contributed by atoms with Crippen molar-refractivity contribution in [3.05, 3.63) is 54.6 Å². The normalized spacial score (nSPS) is 11.3. The van der Waals surface area contributed by atoms with Crippen molar-refractivity contribution >= 4 is 15.7 Å². The van der Waals surface area contributed by atoms with Gasteiger partial charge in [-0.1, -0.05) is 76.8 Å². The van der Waals surface area contributed by atoms with Crippen LogP contribution in [0.5, 0.6) is 5.75 Å². The van der Waals surface area contributed by atoms with Crippen LogP contribution < -0.4 is 9.46 Å². The van der Waals surface area contributed by atoms with Crippen molar-refractivity contribution in [2.45, 2.75) is 76.0 Å². The maximum absolute atomic E-state index is 12.4. The van der Waals surface area contributed by atoms with Crippen LogP contribution in [0.1, 0.15) is 71.1 Å². The van der Waals surface area contributed by atoms with Crippen LogP contribution in [0.3, 0.4) is 0 Å². The molecular weight excluding hydrogens is 382 g/mol. The minimum Gasteiger partial charge on any atom is -0.494 e. The summed E-state index contributed by atoms with van der Waals surface area (Å²) in [5.41, 5.74) is 0.519. The summed E-state index contributed by atoms with van der Waals surface area (Å²) in [5, 5.41) is 0. The molecule has 2 aromatic rings. The van der Waals surface area contributed by atoms with Crippen molar-refractivity contribution in [2.24, 2.45) is 0 Å². The predicted molar refractivity (Wildman–Crippen MR) is 120 cm³/mol. The van der Waals surface area contributed by atoms with Crippen molar-refractivity contribution in [1.82, 2.24) is 0 Å². The van der Waals surface area contributed by atoms with Gasteiger partial charge in [-0.2, -0.15) is 0 Å². The van der Waals surface area contributed by atoms with Gasteiger partial charge in [-0.05, 0) is 48.9 Å². The Balaban J connectivity index is 1.61. The number of unbranched alkanes of at least 4 members (excludes halogenated alkanes) is 9. The van der Waals surface area contributed by atoms with Gasteiger partial charge in [0.05, 0.1) is 11.5 Å². The lowest BCUT2D eigenvalue weighted by atomic mass is 10.1. The largest absolute Gasteiger partial charge is 0.494 e. The minimum absolute atomic E-state index is 0.219. The fourth-order valence-corrected chi connectivity index (χ4v) is 4.22. The molecule has 2 rings (SSSR count). The molecule has 0 atom stereocenters. The molecule has 2 aromatic carbocycles. The summed E-state index contributed by atoms with van der Waals surface area (Å²) in [6.45, 7) is 2.92. The van der Waals surface area contributed by atoms with Crippen LogP contribution >= 0.6 is 0 Å². The van der Waals surface area contributed by atoms with Gasteiger partial charge in [-0.3, -0.25) is 4.72 Å². The second kappa shape index (κ2) is 13.3. The first-order chi connectivity index (χ1) is 14.1. The van der Waals surface area contributed by atoms with Crippen LogP contribution in [0.15, 0.2) is 53.4 Å². The number of nitrogens with one attached hydrogen (secondary N) is 1. The molecule has 0 fully saturated rings. The van der Waals surface area contributed by atoms with E-state index in [9.17, 15) is 8.42 Å². The minimum atomic E-state index is -3.60. The van der Waals surface area contributed by atoms with Gasteiger partial charge in [0.2, 0.25) is 0 Å². The van der Waals surface area contributed by atoms with Crippen LogP contribution in [0.25, 0.3) is 0 Å². The molecule has 0 spiro atoms. The third kappa shape index (κ3) is 9.35. The van der Waals surface area contributed by atoms with Crippen molar-refractivity contribution in [3.63, 3.8) is 0 Å². The molecule has 159 valence electrons. The number of rotatable bonds is 15. The lowest BCUT2D eigenvalue weighted by molar-refractivity contribution is 0.304. The molecule has 0 aliphatic heterocycles. The molecule has 0 unspecified atom stereocenters. The van der Waals surface area contributed by atoms with E-state index in [1.807, 2.05) is 0 Å². The highest BCUT2D eigenvalue weighted by molar-refractivity contribution is 7.92. The summed E-state index contributed by atoms with van der Waals surface area (Å²) in [4.78, 5) is 0.219. The molecule has 0 aromatic heterocycles. The molecule has 0 saturated heterocycles. The zero-order chi connectivity index (χ0) is 20.8. The topological polar surface area (TPSA) is 55.4 Å². The Morgan fingerprint density at radius 2 is 1.34 bits per heavy atom. The van der Waals surface area contributed by atoms with Gasteiger partial charge in [0.25, 0.3) is 10.0 Å². The molecule has 29 heavy (non-hydrogen) atoms. The van der Waals surface area contributed by atoms with Crippen molar-refractivity contribution in [2.75, 3.05) is 11.3 Å². The molecule has 5 heteroatoms. The Morgan fingerprint density at radius 3 is 1.93 bits per heavy atom. The summed E-state index contributed by atoms with van der Waals surface area (Å²) in [7, 11) is -3.60. The molecule has 0 bridgehead atoms. The SMILES string of the molecule is CCCCCCCCCCCCOc1ccc(S(=O)(=O)Nc2cc[c]cc2)cc1. The molecule has 1 radical (unpaired) electrons. The summed E-state index contributed by atoms with van der Waals surface area (Å²) in [6, 6.07) is 16.1. The van der Waals surface area contributed by atoms with E-state index in [1.165, 1.54) is 57.8 Å². The Bertz CT molecular complexity index is 774. The summed E-state index contributed by atoms with van der Waals surface area (Å²) in [6.07, 6.45) is 12.9. The van der Waals surface area contributed by atoms with Gasteiger partial charge in [0.1, 0.15) is 5.75 Å². The van der Waals surface area contributed by atoms with Gasteiger partial charge in [0, 0.05) is 5.69 Å². The number of hydrogen-bond donors (Lipinski definition) is 1. The Morgan fingerprint density at radius 1 is 0.793 bits per heavy atom. The summed E-state index contributed by atoms with van der Waals surface area (Å²) >= 11 is 0. The maximum atomic E-state index is 12.4. The molecule has 0 amide bonds. The van der Waals surface area contributed by atoms with Crippen LogP contribution in [-0.2, 0) is 10.0 Å². The number of hydrogen-bond acceptors (Lipinski definition) is 3. The first-order valence-electron chi connectivity index (χ1n) is 10.8. The fourth-order valence-electron chi connectivity index (χ4n) is 3.16. The number of benzene rings is 2. The van der Waals surface area contributed by atoms with E-state index in [-0.39, 0.29) is 4.90 Å². The molecule has 0 aliphatic rings. The Labute approximate surface area is 176 Å². The second-order valence-electron chi connectivity index (χ2n) is 7.40. The van der Waals surface area contributed by atoms with Gasteiger partial charge in [0.15, 0.2) is 0 Å². The molecule has 0 heterocycles. The quantitative estimate of drug-likeness (QED) is 0.333. The Hall–Kier alpha value is -2.01. The number of sulfonamides is 1. The molecule has 1 N–H and O–H groups in total.